The van der Waals surface area contributed by atoms with Gasteiger partial charge in [0.1, 0.15) is 17.4 Å². The highest BCUT2D eigenvalue weighted by Gasteiger charge is 2.08. The number of rotatable bonds is 6. The molecular weight excluding hydrogens is 368 g/mol. The summed E-state index contributed by atoms with van der Waals surface area (Å²) in [5, 5.41) is 5.81. The first-order valence-corrected chi connectivity index (χ1v) is 9.74. The van der Waals surface area contributed by atoms with Gasteiger partial charge in [0.2, 0.25) is 0 Å². The van der Waals surface area contributed by atoms with Gasteiger partial charge >= 0.3 is 0 Å². The van der Waals surface area contributed by atoms with E-state index in [0.29, 0.717) is 12.2 Å². The average molecular weight is 386 g/mol. The molecule has 0 radical (unpaired) electrons. The number of thiazole rings is 1. The van der Waals surface area contributed by atoms with Gasteiger partial charge in [0.25, 0.3) is 5.91 Å². The number of hydrogen-bond donors (Lipinski definition) is 1. The van der Waals surface area contributed by atoms with Crippen molar-refractivity contribution in [3.63, 3.8) is 0 Å². The van der Waals surface area contributed by atoms with Crippen LogP contribution in [0.5, 0.6) is 5.75 Å². The minimum Gasteiger partial charge on any atom is -0.489 e. The Morgan fingerprint density at radius 1 is 0.964 bits per heavy atom. The number of aromatic nitrogens is 1. The van der Waals surface area contributed by atoms with Gasteiger partial charge in [-0.1, -0.05) is 42.5 Å². The van der Waals surface area contributed by atoms with Gasteiger partial charge in [-0.2, -0.15) is 0 Å². The molecule has 28 heavy (non-hydrogen) atoms. The number of amides is 1. The summed E-state index contributed by atoms with van der Waals surface area (Å²) in [5.74, 6) is 0.677. The third-order valence-corrected chi connectivity index (χ3v) is 4.99. The lowest BCUT2D eigenvalue weighted by Crippen LogP contribution is -2.12. The zero-order chi connectivity index (χ0) is 19.2. The molecule has 0 aliphatic rings. The largest absolute Gasteiger partial charge is 0.489 e. The minimum absolute atomic E-state index is 0.146. The van der Waals surface area contributed by atoms with Crippen molar-refractivity contribution in [1.82, 2.24) is 4.98 Å². The predicted octanol–water partition coefficient (Wildman–Crippen LogP) is 5.64. The van der Waals surface area contributed by atoms with Crippen LogP contribution >= 0.6 is 11.3 Å². The van der Waals surface area contributed by atoms with Gasteiger partial charge in [0.15, 0.2) is 0 Å². The molecule has 0 fully saturated rings. The van der Waals surface area contributed by atoms with Crippen LogP contribution < -0.4 is 10.1 Å². The quantitative estimate of drug-likeness (QED) is 0.466. The molecule has 138 valence electrons. The highest BCUT2D eigenvalue weighted by atomic mass is 32.1. The fourth-order valence-electron chi connectivity index (χ4n) is 2.73. The Hall–Kier alpha value is -3.44. The van der Waals surface area contributed by atoms with Crippen molar-refractivity contribution in [3.8, 4) is 16.3 Å². The number of carbonyl (C=O) groups excluding carboxylic acids is 1. The maximum atomic E-state index is 12.5. The Balaban J connectivity index is 1.39. The van der Waals surface area contributed by atoms with E-state index in [9.17, 15) is 4.79 Å². The Morgan fingerprint density at radius 3 is 2.54 bits per heavy atom. The molecule has 4 nitrogen and oxygen atoms in total. The van der Waals surface area contributed by atoms with Crippen molar-refractivity contribution in [1.29, 1.82) is 0 Å². The normalized spacial score (nSPS) is 10.4. The van der Waals surface area contributed by atoms with Gasteiger partial charge in [0.05, 0.1) is 0 Å². The van der Waals surface area contributed by atoms with Crippen molar-refractivity contribution in [2.24, 2.45) is 0 Å². The van der Waals surface area contributed by atoms with Crippen LogP contribution in [-0.2, 0) is 6.61 Å². The number of hydrogen-bond acceptors (Lipinski definition) is 4. The second kappa shape index (κ2) is 8.50. The Bertz CT molecular complexity index is 1050. The highest BCUT2D eigenvalue weighted by Crippen LogP contribution is 2.24. The van der Waals surface area contributed by atoms with E-state index in [4.69, 9.17) is 4.74 Å². The van der Waals surface area contributed by atoms with Gasteiger partial charge in [-0.05, 0) is 42.0 Å². The van der Waals surface area contributed by atoms with Gasteiger partial charge in [0, 0.05) is 28.4 Å². The van der Waals surface area contributed by atoms with Gasteiger partial charge in [-0.25, -0.2) is 4.98 Å². The number of anilines is 1. The molecule has 0 bridgehead atoms. The molecule has 0 saturated heterocycles. The molecule has 1 aromatic heterocycles. The highest BCUT2D eigenvalue weighted by molar-refractivity contribution is 7.13. The summed E-state index contributed by atoms with van der Waals surface area (Å²) in [6.07, 6.45) is 1.77. The molecule has 4 aromatic rings. The van der Waals surface area contributed by atoms with E-state index in [1.54, 1.807) is 17.5 Å². The Labute approximate surface area is 167 Å². The van der Waals surface area contributed by atoms with Crippen molar-refractivity contribution in [2.75, 3.05) is 5.32 Å². The van der Waals surface area contributed by atoms with E-state index < -0.39 is 0 Å². The molecule has 0 unspecified atom stereocenters. The fourth-order valence-corrected chi connectivity index (χ4v) is 3.37. The average Bonchev–Trinajstić information content (AvgIpc) is 3.29. The summed E-state index contributed by atoms with van der Waals surface area (Å²) >= 11 is 1.57. The van der Waals surface area contributed by atoms with E-state index in [-0.39, 0.29) is 5.91 Å². The number of para-hydroxylation sites is 1. The lowest BCUT2D eigenvalue weighted by Gasteiger charge is -2.08. The zero-order valence-electron chi connectivity index (χ0n) is 15.0. The predicted molar refractivity (Wildman–Crippen MR) is 113 cm³/mol. The molecule has 1 N–H and O–H groups in total. The monoisotopic (exact) mass is 386 g/mol. The lowest BCUT2D eigenvalue weighted by molar-refractivity contribution is 0.102. The second-order valence-corrected chi connectivity index (χ2v) is 7.07. The van der Waals surface area contributed by atoms with Crippen molar-refractivity contribution in [2.45, 2.75) is 6.61 Å². The molecule has 1 heterocycles. The van der Waals surface area contributed by atoms with Crippen LogP contribution in [0, 0.1) is 0 Å². The first kappa shape index (κ1) is 17.9. The smallest absolute Gasteiger partial charge is 0.255 e. The molecule has 0 atom stereocenters. The SMILES string of the molecule is O=C(Nc1cccc(-c2nccs2)c1)c1ccc(COc2ccccc2)cc1. The summed E-state index contributed by atoms with van der Waals surface area (Å²) < 4.78 is 5.73. The molecule has 3 aromatic carbocycles. The number of carbonyl (C=O) groups is 1. The van der Waals surface area contributed by atoms with Crippen LogP contribution in [0.2, 0.25) is 0 Å². The van der Waals surface area contributed by atoms with Crippen molar-refractivity contribution >= 4 is 22.9 Å². The van der Waals surface area contributed by atoms with E-state index in [1.807, 2.05) is 84.2 Å². The number of benzene rings is 3. The number of ether oxygens (including phenoxy) is 1. The molecule has 5 heteroatoms. The summed E-state index contributed by atoms with van der Waals surface area (Å²) in [6.45, 7) is 0.460. The molecule has 1 amide bonds. The zero-order valence-corrected chi connectivity index (χ0v) is 15.9. The molecular formula is C23H18N2O2S. The van der Waals surface area contributed by atoms with E-state index >= 15 is 0 Å². The second-order valence-electron chi connectivity index (χ2n) is 6.17. The van der Waals surface area contributed by atoms with Crippen LogP contribution in [0.4, 0.5) is 5.69 Å². The molecule has 0 aliphatic heterocycles. The van der Waals surface area contributed by atoms with Gasteiger partial charge < -0.3 is 10.1 Å². The van der Waals surface area contributed by atoms with E-state index in [2.05, 4.69) is 10.3 Å². The summed E-state index contributed by atoms with van der Waals surface area (Å²) in [7, 11) is 0. The van der Waals surface area contributed by atoms with Crippen molar-refractivity contribution in [3.05, 3.63) is 102 Å². The molecule has 4 rings (SSSR count). The standard InChI is InChI=1S/C23H18N2O2S/c26-22(25-20-6-4-5-19(15-20)23-24-13-14-28-23)18-11-9-17(10-12-18)16-27-21-7-2-1-3-8-21/h1-15H,16H2,(H,25,26). The van der Waals surface area contributed by atoms with Crippen LogP contribution in [0.15, 0.2) is 90.4 Å². The summed E-state index contributed by atoms with van der Waals surface area (Å²) in [4.78, 5) is 16.9. The third kappa shape index (κ3) is 4.45. The number of nitrogens with zero attached hydrogens (tertiary/aromatic N) is 1. The minimum atomic E-state index is -0.146. The number of nitrogens with one attached hydrogen (secondary N) is 1. The maximum absolute atomic E-state index is 12.5. The van der Waals surface area contributed by atoms with Gasteiger partial charge in [-0.15, -0.1) is 11.3 Å². The van der Waals surface area contributed by atoms with Gasteiger partial charge in [-0.3, -0.25) is 4.79 Å². The Morgan fingerprint density at radius 2 is 1.79 bits per heavy atom. The summed E-state index contributed by atoms with van der Waals surface area (Å²) in [5.41, 5.74) is 3.34. The first-order valence-electron chi connectivity index (χ1n) is 8.86. The first-order chi connectivity index (χ1) is 13.8. The van der Waals surface area contributed by atoms with Crippen LogP contribution in [0.1, 0.15) is 15.9 Å². The van der Waals surface area contributed by atoms with Crippen LogP contribution in [0.3, 0.4) is 0 Å². The van der Waals surface area contributed by atoms with Crippen LogP contribution in [0.25, 0.3) is 10.6 Å². The van der Waals surface area contributed by atoms with E-state index in [1.165, 1.54) is 0 Å². The topological polar surface area (TPSA) is 51.2 Å². The molecule has 0 aliphatic carbocycles. The van der Waals surface area contributed by atoms with E-state index in [0.717, 1.165) is 27.6 Å². The maximum Gasteiger partial charge on any atom is 0.255 e. The lowest BCUT2D eigenvalue weighted by atomic mass is 10.1. The fraction of sp³-hybridized carbons (Fsp3) is 0.0435. The van der Waals surface area contributed by atoms with Crippen molar-refractivity contribution < 1.29 is 9.53 Å². The van der Waals surface area contributed by atoms with Crippen LogP contribution in [-0.4, -0.2) is 10.9 Å². The Kier molecular flexibility index (Phi) is 5.45. The molecule has 0 saturated carbocycles. The third-order valence-electron chi connectivity index (χ3n) is 4.16. The summed E-state index contributed by atoms with van der Waals surface area (Å²) in [6, 6.07) is 24.8. The molecule has 0 spiro atoms.